The standard InChI is InChI=1S/C24H33NO2/c1-5-6-7-17(2)16-25-10-8-19(9-11-25)13-21-14-20-12-18(3)23(27-4)15-22(20)24(21)26/h5-7,12,15,19,21H,8-11,13-14,16H2,1-4H3/b6-5-,17-7+. The molecule has 2 aliphatic rings. The molecule has 0 aromatic heterocycles. The molecule has 146 valence electrons. The molecule has 0 saturated carbocycles. The molecular weight excluding hydrogens is 334 g/mol. The molecule has 0 N–H and O–H groups in total. The summed E-state index contributed by atoms with van der Waals surface area (Å²) < 4.78 is 5.41. The van der Waals surface area contributed by atoms with Crippen LogP contribution in [0.2, 0.25) is 0 Å². The van der Waals surface area contributed by atoms with E-state index in [4.69, 9.17) is 4.74 Å². The first-order valence-electron chi connectivity index (χ1n) is 10.2. The van der Waals surface area contributed by atoms with Crippen molar-refractivity contribution in [2.45, 2.75) is 46.5 Å². The molecule has 0 bridgehead atoms. The van der Waals surface area contributed by atoms with Crippen LogP contribution in [0, 0.1) is 18.8 Å². The quantitative estimate of drug-likeness (QED) is 0.664. The Bertz CT molecular complexity index is 739. The molecule has 1 saturated heterocycles. The molecule has 1 aliphatic heterocycles. The van der Waals surface area contributed by atoms with Crippen molar-refractivity contribution >= 4 is 5.78 Å². The van der Waals surface area contributed by atoms with E-state index in [9.17, 15) is 4.79 Å². The van der Waals surface area contributed by atoms with Crippen molar-refractivity contribution in [3.63, 3.8) is 0 Å². The monoisotopic (exact) mass is 367 g/mol. The van der Waals surface area contributed by atoms with E-state index in [1.807, 2.05) is 6.07 Å². The van der Waals surface area contributed by atoms with E-state index in [1.54, 1.807) is 7.11 Å². The molecule has 1 fully saturated rings. The van der Waals surface area contributed by atoms with Crippen molar-refractivity contribution in [1.29, 1.82) is 0 Å². The van der Waals surface area contributed by atoms with E-state index < -0.39 is 0 Å². The summed E-state index contributed by atoms with van der Waals surface area (Å²) in [5, 5.41) is 0. The number of rotatable bonds is 6. The van der Waals surface area contributed by atoms with Gasteiger partial charge in [0, 0.05) is 18.0 Å². The van der Waals surface area contributed by atoms with E-state index in [0.717, 1.165) is 49.4 Å². The first-order chi connectivity index (χ1) is 13.0. The van der Waals surface area contributed by atoms with Gasteiger partial charge in [-0.2, -0.15) is 0 Å². The number of likely N-dealkylation sites (tertiary alicyclic amines) is 1. The average Bonchev–Trinajstić information content (AvgIpc) is 2.95. The predicted octanol–water partition coefficient (Wildman–Crippen LogP) is 4.98. The Labute approximate surface area is 164 Å². The minimum absolute atomic E-state index is 0.166. The molecular formula is C24H33NO2. The largest absolute Gasteiger partial charge is 0.496 e. The Morgan fingerprint density at radius 3 is 2.70 bits per heavy atom. The maximum absolute atomic E-state index is 12.9. The summed E-state index contributed by atoms with van der Waals surface area (Å²) in [5.74, 6) is 2.00. The first kappa shape index (κ1) is 19.9. The fraction of sp³-hybridized carbons (Fsp3) is 0.542. The zero-order valence-corrected chi connectivity index (χ0v) is 17.3. The van der Waals surface area contributed by atoms with E-state index in [2.05, 4.69) is 50.0 Å². The van der Waals surface area contributed by atoms with Gasteiger partial charge in [0.1, 0.15) is 5.75 Å². The van der Waals surface area contributed by atoms with Crippen LogP contribution in [-0.2, 0) is 6.42 Å². The fourth-order valence-corrected chi connectivity index (χ4v) is 4.58. The van der Waals surface area contributed by atoms with Crippen molar-refractivity contribution in [3.8, 4) is 5.75 Å². The molecule has 0 spiro atoms. The van der Waals surface area contributed by atoms with Gasteiger partial charge in [0.15, 0.2) is 5.78 Å². The minimum Gasteiger partial charge on any atom is -0.496 e. The Morgan fingerprint density at radius 2 is 2.04 bits per heavy atom. The van der Waals surface area contributed by atoms with Crippen LogP contribution >= 0.6 is 0 Å². The zero-order chi connectivity index (χ0) is 19.4. The SMILES string of the molecule is C/C=C\C=C(/C)CN1CCC(CC2Cc3cc(C)c(OC)cc3C2=O)CC1. The van der Waals surface area contributed by atoms with Crippen molar-refractivity contribution in [2.75, 3.05) is 26.7 Å². The van der Waals surface area contributed by atoms with Gasteiger partial charge in [-0.05, 0) is 82.7 Å². The van der Waals surface area contributed by atoms with Crippen LogP contribution in [-0.4, -0.2) is 37.4 Å². The Morgan fingerprint density at radius 1 is 1.30 bits per heavy atom. The van der Waals surface area contributed by atoms with Crippen LogP contribution in [0.15, 0.2) is 35.9 Å². The number of piperidine rings is 1. The molecule has 3 nitrogen and oxygen atoms in total. The lowest BCUT2D eigenvalue weighted by Crippen LogP contribution is -2.35. The maximum atomic E-state index is 12.9. The molecule has 0 radical (unpaired) electrons. The third-order valence-electron chi connectivity index (χ3n) is 6.09. The second-order valence-corrected chi connectivity index (χ2v) is 8.24. The van der Waals surface area contributed by atoms with E-state index >= 15 is 0 Å². The number of aryl methyl sites for hydroxylation is 1. The van der Waals surface area contributed by atoms with Gasteiger partial charge >= 0.3 is 0 Å². The van der Waals surface area contributed by atoms with Crippen LogP contribution in [0.3, 0.4) is 0 Å². The number of methoxy groups -OCH3 is 1. The Hall–Kier alpha value is -1.87. The number of nitrogens with zero attached hydrogens (tertiary/aromatic N) is 1. The molecule has 1 aliphatic carbocycles. The topological polar surface area (TPSA) is 29.5 Å². The molecule has 27 heavy (non-hydrogen) atoms. The van der Waals surface area contributed by atoms with Crippen molar-refractivity contribution < 1.29 is 9.53 Å². The number of carbonyl (C=O) groups excluding carboxylic acids is 1. The van der Waals surface area contributed by atoms with Crippen LogP contribution in [0.1, 0.15) is 54.6 Å². The van der Waals surface area contributed by atoms with Crippen LogP contribution < -0.4 is 4.74 Å². The van der Waals surface area contributed by atoms with Gasteiger partial charge in [0.05, 0.1) is 7.11 Å². The van der Waals surface area contributed by atoms with Crippen LogP contribution in [0.4, 0.5) is 0 Å². The van der Waals surface area contributed by atoms with Crippen LogP contribution in [0.25, 0.3) is 0 Å². The highest BCUT2D eigenvalue weighted by molar-refractivity contribution is 6.02. The van der Waals surface area contributed by atoms with Gasteiger partial charge in [0.2, 0.25) is 0 Å². The summed E-state index contributed by atoms with van der Waals surface area (Å²) in [7, 11) is 1.68. The second-order valence-electron chi connectivity index (χ2n) is 8.24. The van der Waals surface area contributed by atoms with Gasteiger partial charge < -0.3 is 4.74 Å². The van der Waals surface area contributed by atoms with E-state index in [0.29, 0.717) is 11.7 Å². The van der Waals surface area contributed by atoms with Gasteiger partial charge in [-0.3, -0.25) is 9.69 Å². The van der Waals surface area contributed by atoms with Gasteiger partial charge in [-0.25, -0.2) is 0 Å². The van der Waals surface area contributed by atoms with Gasteiger partial charge in [-0.1, -0.05) is 29.9 Å². The van der Waals surface area contributed by atoms with E-state index in [1.165, 1.54) is 24.0 Å². The van der Waals surface area contributed by atoms with Gasteiger partial charge in [-0.15, -0.1) is 0 Å². The Kier molecular flexibility index (Phi) is 6.54. The molecule has 3 heteroatoms. The Balaban J connectivity index is 1.53. The molecule has 1 aromatic carbocycles. The van der Waals surface area contributed by atoms with Crippen molar-refractivity contribution in [2.24, 2.45) is 11.8 Å². The zero-order valence-electron chi connectivity index (χ0n) is 17.3. The number of ether oxygens (including phenoxy) is 1. The smallest absolute Gasteiger partial charge is 0.166 e. The summed E-state index contributed by atoms with van der Waals surface area (Å²) >= 11 is 0. The number of Topliss-reactive ketones (excluding diaryl/α,β-unsaturated/α-hetero) is 1. The predicted molar refractivity (Wildman–Crippen MR) is 112 cm³/mol. The number of hydrogen-bond donors (Lipinski definition) is 0. The average molecular weight is 368 g/mol. The summed E-state index contributed by atoms with van der Waals surface area (Å²) in [6, 6.07) is 4.10. The second kappa shape index (κ2) is 8.88. The lowest BCUT2D eigenvalue weighted by Gasteiger charge is -2.33. The lowest BCUT2D eigenvalue weighted by molar-refractivity contribution is 0.0899. The molecule has 1 unspecified atom stereocenters. The fourth-order valence-electron chi connectivity index (χ4n) is 4.58. The lowest BCUT2D eigenvalue weighted by atomic mass is 9.85. The number of benzene rings is 1. The number of hydrogen-bond acceptors (Lipinski definition) is 3. The molecule has 0 amide bonds. The molecule has 1 heterocycles. The van der Waals surface area contributed by atoms with Gasteiger partial charge in [0.25, 0.3) is 0 Å². The third-order valence-corrected chi connectivity index (χ3v) is 6.09. The molecule has 1 aromatic rings. The number of allylic oxidation sites excluding steroid dienone is 3. The molecule has 1 atom stereocenters. The number of ketones is 1. The highest BCUT2D eigenvalue weighted by Crippen LogP contribution is 2.36. The number of carbonyl (C=O) groups is 1. The minimum atomic E-state index is 0.166. The normalized spacial score (nSPS) is 21.9. The summed E-state index contributed by atoms with van der Waals surface area (Å²) in [5.41, 5.74) is 4.65. The van der Waals surface area contributed by atoms with Crippen molar-refractivity contribution in [1.82, 2.24) is 4.90 Å². The third kappa shape index (κ3) is 4.70. The van der Waals surface area contributed by atoms with E-state index in [-0.39, 0.29) is 5.92 Å². The van der Waals surface area contributed by atoms with Crippen LogP contribution in [0.5, 0.6) is 5.75 Å². The summed E-state index contributed by atoms with van der Waals surface area (Å²) in [6.07, 6.45) is 10.8. The highest BCUT2D eigenvalue weighted by Gasteiger charge is 2.34. The first-order valence-corrected chi connectivity index (χ1v) is 10.2. The summed E-state index contributed by atoms with van der Waals surface area (Å²) in [4.78, 5) is 15.4. The highest BCUT2D eigenvalue weighted by atomic mass is 16.5. The van der Waals surface area contributed by atoms with Crippen molar-refractivity contribution in [3.05, 3.63) is 52.6 Å². The molecule has 3 rings (SSSR count). The maximum Gasteiger partial charge on any atom is 0.166 e. The number of fused-ring (bicyclic) bond motifs is 1. The summed E-state index contributed by atoms with van der Waals surface area (Å²) in [6.45, 7) is 9.66.